The third-order valence-corrected chi connectivity index (χ3v) is 5.93. The molecule has 0 aromatic heterocycles. The van der Waals surface area contributed by atoms with Crippen molar-refractivity contribution >= 4 is 13.2 Å². The van der Waals surface area contributed by atoms with E-state index < -0.39 is 0 Å². The number of unbranched alkanes of at least 4 members (excludes halogenated alkanes) is 4. The zero-order valence-electron chi connectivity index (χ0n) is 11.5. The number of benzene rings is 1. The minimum absolute atomic E-state index is 0.121. The van der Waals surface area contributed by atoms with Crippen LogP contribution >= 0.6 is 7.92 Å². The maximum Gasteiger partial charge on any atom is -0.0240 e. The van der Waals surface area contributed by atoms with Gasteiger partial charge < -0.3 is 0 Å². The lowest BCUT2D eigenvalue weighted by atomic mass is 10.3. The molecule has 0 radical (unpaired) electrons. The first-order chi connectivity index (χ1) is 8.38. The van der Waals surface area contributed by atoms with E-state index in [-0.39, 0.29) is 7.92 Å². The third-order valence-electron chi connectivity index (χ3n) is 3.18. The fourth-order valence-electron chi connectivity index (χ4n) is 2.11. The van der Waals surface area contributed by atoms with Crippen LogP contribution in [0, 0.1) is 0 Å². The quantitative estimate of drug-likeness (QED) is 0.419. The maximum atomic E-state index is 2.34. The molecule has 17 heavy (non-hydrogen) atoms. The number of hydrogen-bond donors (Lipinski definition) is 0. The van der Waals surface area contributed by atoms with E-state index in [4.69, 9.17) is 0 Å². The van der Waals surface area contributed by atoms with Gasteiger partial charge in [0.1, 0.15) is 0 Å². The van der Waals surface area contributed by atoms with Gasteiger partial charge in [0, 0.05) is 0 Å². The highest BCUT2D eigenvalue weighted by atomic mass is 31.1. The molecule has 0 aliphatic carbocycles. The Bertz CT molecular complexity index is 258. The molecule has 1 heteroatoms. The summed E-state index contributed by atoms with van der Waals surface area (Å²) in [6, 6.07) is 11.2. The van der Waals surface area contributed by atoms with Gasteiger partial charge in [-0.15, -0.1) is 0 Å². The van der Waals surface area contributed by atoms with Gasteiger partial charge >= 0.3 is 0 Å². The third kappa shape index (κ3) is 6.22. The molecule has 0 aliphatic rings. The highest BCUT2D eigenvalue weighted by Gasteiger charge is 2.09. The monoisotopic (exact) mass is 250 g/mol. The van der Waals surface area contributed by atoms with E-state index >= 15 is 0 Å². The average Bonchev–Trinajstić information content (AvgIpc) is 2.38. The predicted octanol–water partition coefficient (Wildman–Crippen LogP) is 5.17. The van der Waals surface area contributed by atoms with E-state index in [2.05, 4.69) is 44.2 Å². The van der Waals surface area contributed by atoms with Gasteiger partial charge in [0.2, 0.25) is 0 Å². The molecular formula is C16H27P. The number of hydrogen-bond acceptors (Lipinski definition) is 0. The summed E-state index contributed by atoms with van der Waals surface area (Å²) in [4.78, 5) is 0. The van der Waals surface area contributed by atoms with Crippen LogP contribution in [0.2, 0.25) is 0 Å². The van der Waals surface area contributed by atoms with E-state index in [1.165, 1.54) is 50.8 Å². The van der Waals surface area contributed by atoms with Crippen molar-refractivity contribution < 1.29 is 0 Å². The lowest BCUT2D eigenvalue weighted by molar-refractivity contribution is 0.763. The Morgan fingerprint density at radius 1 is 0.765 bits per heavy atom. The lowest BCUT2D eigenvalue weighted by Crippen LogP contribution is -2.06. The molecule has 0 amide bonds. The van der Waals surface area contributed by atoms with Crippen molar-refractivity contribution in [2.24, 2.45) is 0 Å². The molecular weight excluding hydrogens is 223 g/mol. The summed E-state index contributed by atoms with van der Waals surface area (Å²) in [5.74, 6) is 0. The van der Waals surface area contributed by atoms with Crippen molar-refractivity contribution in [3.63, 3.8) is 0 Å². The van der Waals surface area contributed by atoms with E-state index in [1.54, 1.807) is 5.30 Å². The largest absolute Gasteiger partial charge is 0.0753 e. The van der Waals surface area contributed by atoms with E-state index in [1.807, 2.05) is 0 Å². The van der Waals surface area contributed by atoms with E-state index in [9.17, 15) is 0 Å². The van der Waals surface area contributed by atoms with Crippen LogP contribution in [0.5, 0.6) is 0 Å². The summed E-state index contributed by atoms with van der Waals surface area (Å²) in [5.41, 5.74) is 0. The molecule has 1 rings (SSSR count). The molecule has 0 spiro atoms. The second-order valence-corrected chi connectivity index (χ2v) is 7.23. The molecule has 0 saturated carbocycles. The summed E-state index contributed by atoms with van der Waals surface area (Å²) in [7, 11) is 0.121. The minimum Gasteiger partial charge on any atom is -0.0753 e. The summed E-state index contributed by atoms with van der Waals surface area (Å²) >= 11 is 0. The molecule has 0 aliphatic heterocycles. The van der Waals surface area contributed by atoms with Gasteiger partial charge in [-0.2, -0.15) is 0 Å². The molecule has 1 aromatic rings. The van der Waals surface area contributed by atoms with Crippen LogP contribution in [0.15, 0.2) is 30.3 Å². The second-order valence-electron chi connectivity index (χ2n) is 4.74. The maximum absolute atomic E-state index is 2.34. The SMILES string of the molecule is CCCCCP(CCCCC)c1ccccc1. The average molecular weight is 250 g/mol. The Hall–Kier alpha value is -0.350. The van der Waals surface area contributed by atoms with Gasteiger partial charge in [-0.3, -0.25) is 0 Å². The van der Waals surface area contributed by atoms with E-state index in [0.717, 1.165) is 0 Å². The standard InChI is InChI=1S/C16H27P/c1-3-5-10-14-17(15-11-6-4-2)16-12-8-7-9-13-16/h7-9,12-13H,3-6,10-11,14-15H2,1-2H3. The van der Waals surface area contributed by atoms with Gasteiger partial charge in [-0.05, 0) is 30.5 Å². The molecule has 0 bridgehead atoms. The minimum atomic E-state index is 0.121. The highest BCUT2D eigenvalue weighted by molar-refractivity contribution is 7.65. The van der Waals surface area contributed by atoms with Crippen LogP contribution < -0.4 is 5.30 Å². The molecule has 0 nitrogen and oxygen atoms in total. The Morgan fingerprint density at radius 2 is 1.29 bits per heavy atom. The van der Waals surface area contributed by atoms with Crippen LogP contribution in [0.1, 0.15) is 52.4 Å². The van der Waals surface area contributed by atoms with Gasteiger partial charge in [0.15, 0.2) is 0 Å². The van der Waals surface area contributed by atoms with Crippen LogP contribution in [-0.4, -0.2) is 12.3 Å². The van der Waals surface area contributed by atoms with Crippen molar-refractivity contribution in [3.8, 4) is 0 Å². The first-order valence-corrected chi connectivity index (χ1v) is 8.89. The van der Waals surface area contributed by atoms with Crippen LogP contribution in [0.25, 0.3) is 0 Å². The van der Waals surface area contributed by atoms with Gasteiger partial charge in [0.25, 0.3) is 0 Å². The Kier molecular flexibility index (Phi) is 8.36. The van der Waals surface area contributed by atoms with E-state index in [0.29, 0.717) is 0 Å². The summed E-state index contributed by atoms with van der Waals surface area (Å²) in [6.07, 6.45) is 11.2. The summed E-state index contributed by atoms with van der Waals surface area (Å²) in [5, 5.41) is 1.62. The van der Waals surface area contributed by atoms with Crippen molar-refractivity contribution in [1.82, 2.24) is 0 Å². The van der Waals surface area contributed by atoms with Crippen LogP contribution in [0.4, 0.5) is 0 Å². The molecule has 0 saturated heterocycles. The van der Waals surface area contributed by atoms with Gasteiger partial charge in [-0.25, -0.2) is 0 Å². The predicted molar refractivity (Wildman–Crippen MR) is 81.8 cm³/mol. The van der Waals surface area contributed by atoms with Gasteiger partial charge in [0.05, 0.1) is 0 Å². The Balaban J connectivity index is 2.46. The summed E-state index contributed by atoms with van der Waals surface area (Å²) in [6.45, 7) is 4.59. The Labute approximate surface area is 109 Å². The van der Waals surface area contributed by atoms with Crippen molar-refractivity contribution in [1.29, 1.82) is 0 Å². The molecule has 1 aromatic carbocycles. The van der Waals surface area contributed by atoms with Crippen molar-refractivity contribution in [2.45, 2.75) is 52.4 Å². The zero-order valence-corrected chi connectivity index (χ0v) is 12.4. The van der Waals surface area contributed by atoms with Crippen LogP contribution in [0.3, 0.4) is 0 Å². The summed E-state index contributed by atoms with van der Waals surface area (Å²) < 4.78 is 0. The number of rotatable bonds is 9. The Morgan fingerprint density at radius 3 is 1.76 bits per heavy atom. The van der Waals surface area contributed by atoms with Crippen molar-refractivity contribution in [2.75, 3.05) is 12.3 Å². The molecule has 0 fully saturated rings. The van der Waals surface area contributed by atoms with Crippen molar-refractivity contribution in [3.05, 3.63) is 30.3 Å². The molecule has 96 valence electrons. The molecule has 0 heterocycles. The first-order valence-electron chi connectivity index (χ1n) is 7.18. The smallest absolute Gasteiger partial charge is 0.0240 e. The normalized spacial score (nSPS) is 11.0. The lowest BCUT2D eigenvalue weighted by Gasteiger charge is -2.18. The topological polar surface area (TPSA) is 0 Å². The highest BCUT2D eigenvalue weighted by Crippen LogP contribution is 2.36. The second kappa shape index (κ2) is 9.66. The fourth-order valence-corrected chi connectivity index (χ4v) is 4.66. The van der Waals surface area contributed by atoms with Crippen LogP contribution in [-0.2, 0) is 0 Å². The fraction of sp³-hybridized carbons (Fsp3) is 0.625. The molecule has 0 unspecified atom stereocenters. The first kappa shape index (κ1) is 14.7. The zero-order chi connectivity index (χ0) is 12.3. The molecule has 0 N–H and O–H groups in total. The van der Waals surface area contributed by atoms with Gasteiger partial charge in [-0.1, -0.05) is 77.8 Å². The molecule has 0 atom stereocenters.